The third kappa shape index (κ3) is 4.03. The van der Waals surface area contributed by atoms with E-state index in [0.717, 1.165) is 24.0 Å². The molecule has 1 aromatic rings. The fourth-order valence-corrected chi connectivity index (χ4v) is 4.61. The standard InChI is InChI=1S/C18H24O2S/c19-15(13-21-16-6-2-1-3-7-16)12-14-10-11-20-18-9-5-4-8-17(14)18/h4-5,8-9,14,16H,1-3,6-7,10-13H2. The normalized spacial score (nSPS) is 22.4. The largest absolute Gasteiger partial charge is 0.493 e. The van der Waals surface area contributed by atoms with E-state index in [1.165, 1.54) is 37.7 Å². The highest BCUT2D eigenvalue weighted by atomic mass is 32.2. The molecule has 1 unspecified atom stereocenters. The van der Waals surface area contributed by atoms with E-state index in [2.05, 4.69) is 6.07 Å². The molecule has 0 radical (unpaired) electrons. The average Bonchev–Trinajstić information content (AvgIpc) is 2.54. The molecule has 1 aliphatic heterocycles. The number of hydrogen-bond donors (Lipinski definition) is 0. The Kier molecular flexibility index (Phi) is 5.23. The van der Waals surface area contributed by atoms with E-state index in [0.29, 0.717) is 23.9 Å². The predicted octanol–water partition coefficient (Wildman–Crippen LogP) is 4.58. The smallest absolute Gasteiger partial charge is 0.143 e. The van der Waals surface area contributed by atoms with Crippen LogP contribution in [0.25, 0.3) is 0 Å². The maximum Gasteiger partial charge on any atom is 0.143 e. The molecule has 0 saturated heterocycles. The van der Waals surface area contributed by atoms with Crippen molar-refractivity contribution in [2.24, 2.45) is 0 Å². The number of carbonyl (C=O) groups is 1. The van der Waals surface area contributed by atoms with E-state index >= 15 is 0 Å². The first-order valence-corrected chi connectivity index (χ1v) is 9.23. The van der Waals surface area contributed by atoms with Gasteiger partial charge in [-0.2, -0.15) is 11.8 Å². The second-order valence-electron chi connectivity index (χ2n) is 6.19. The lowest BCUT2D eigenvalue weighted by atomic mass is 9.89. The molecule has 21 heavy (non-hydrogen) atoms. The summed E-state index contributed by atoms with van der Waals surface area (Å²) in [7, 11) is 0. The van der Waals surface area contributed by atoms with Crippen LogP contribution in [-0.4, -0.2) is 23.4 Å². The van der Waals surface area contributed by atoms with Gasteiger partial charge in [-0.05, 0) is 36.8 Å². The minimum atomic E-state index is 0.356. The van der Waals surface area contributed by atoms with Gasteiger partial charge in [0.25, 0.3) is 0 Å². The monoisotopic (exact) mass is 304 g/mol. The van der Waals surface area contributed by atoms with Crippen molar-refractivity contribution in [2.75, 3.05) is 12.4 Å². The number of para-hydroxylation sites is 1. The van der Waals surface area contributed by atoms with Gasteiger partial charge in [-0.25, -0.2) is 0 Å². The van der Waals surface area contributed by atoms with Crippen LogP contribution in [0.4, 0.5) is 0 Å². The first-order valence-electron chi connectivity index (χ1n) is 8.18. The van der Waals surface area contributed by atoms with Crippen molar-refractivity contribution in [1.29, 1.82) is 0 Å². The molecule has 3 heteroatoms. The molecule has 1 aliphatic carbocycles. The highest BCUT2D eigenvalue weighted by Crippen LogP contribution is 2.36. The Morgan fingerprint density at radius 3 is 2.81 bits per heavy atom. The van der Waals surface area contributed by atoms with Crippen molar-refractivity contribution in [3.05, 3.63) is 29.8 Å². The van der Waals surface area contributed by atoms with Gasteiger partial charge in [-0.15, -0.1) is 0 Å². The quantitative estimate of drug-likeness (QED) is 0.796. The minimum absolute atomic E-state index is 0.356. The summed E-state index contributed by atoms with van der Waals surface area (Å²) < 4.78 is 5.67. The highest BCUT2D eigenvalue weighted by molar-refractivity contribution is 8.00. The first kappa shape index (κ1) is 15.0. The third-order valence-corrected chi connectivity index (χ3v) is 6.02. The molecule has 1 atom stereocenters. The summed E-state index contributed by atoms with van der Waals surface area (Å²) in [5.41, 5.74) is 1.22. The fourth-order valence-electron chi connectivity index (χ4n) is 3.40. The van der Waals surface area contributed by atoms with Crippen LogP contribution in [0, 0.1) is 0 Å². The summed E-state index contributed by atoms with van der Waals surface area (Å²) in [6.45, 7) is 0.741. The molecule has 0 N–H and O–H groups in total. The number of benzene rings is 1. The minimum Gasteiger partial charge on any atom is -0.493 e. The zero-order valence-electron chi connectivity index (χ0n) is 12.6. The lowest BCUT2D eigenvalue weighted by Crippen LogP contribution is -2.19. The van der Waals surface area contributed by atoms with Gasteiger partial charge in [-0.3, -0.25) is 4.79 Å². The third-order valence-electron chi connectivity index (χ3n) is 4.59. The molecular formula is C18H24O2S. The number of ketones is 1. The van der Waals surface area contributed by atoms with E-state index in [-0.39, 0.29) is 0 Å². The van der Waals surface area contributed by atoms with Crippen LogP contribution < -0.4 is 4.74 Å². The Bertz CT molecular complexity index is 480. The maximum atomic E-state index is 12.3. The van der Waals surface area contributed by atoms with Crippen LogP contribution in [0.15, 0.2) is 24.3 Å². The summed E-state index contributed by atoms with van der Waals surface area (Å²) in [4.78, 5) is 12.3. The van der Waals surface area contributed by atoms with Crippen molar-refractivity contribution >= 4 is 17.5 Å². The summed E-state index contributed by atoms with van der Waals surface area (Å²) in [5, 5.41) is 0.727. The van der Waals surface area contributed by atoms with Crippen LogP contribution >= 0.6 is 11.8 Å². The number of fused-ring (bicyclic) bond motifs is 1. The lowest BCUT2D eigenvalue weighted by molar-refractivity contribution is -0.117. The SMILES string of the molecule is O=C(CSC1CCCCC1)CC1CCOc2ccccc21. The van der Waals surface area contributed by atoms with Gasteiger partial charge in [0.15, 0.2) is 0 Å². The van der Waals surface area contributed by atoms with Crippen LogP contribution in [0.3, 0.4) is 0 Å². The Balaban J connectivity index is 1.51. The van der Waals surface area contributed by atoms with Gasteiger partial charge in [0.05, 0.1) is 12.4 Å². The Labute approximate surface area is 131 Å². The van der Waals surface area contributed by atoms with Crippen LogP contribution in [0.5, 0.6) is 5.75 Å². The van der Waals surface area contributed by atoms with Crippen LogP contribution in [0.2, 0.25) is 0 Å². The highest BCUT2D eigenvalue weighted by Gasteiger charge is 2.24. The number of carbonyl (C=O) groups excluding carboxylic acids is 1. The fraction of sp³-hybridized carbons (Fsp3) is 0.611. The molecule has 2 aliphatic rings. The van der Waals surface area contributed by atoms with E-state index in [4.69, 9.17) is 4.74 Å². The molecule has 114 valence electrons. The maximum absolute atomic E-state index is 12.3. The van der Waals surface area contributed by atoms with Gasteiger partial charge in [0.1, 0.15) is 11.5 Å². The number of rotatable bonds is 5. The van der Waals surface area contributed by atoms with Crippen molar-refractivity contribution in [2.45, 2.75) is 56.1 Å². The van der Waals surface area contributed by atoms with E-state index < -0.39 is 0 Å². The van der Waals surface area contributed by atoms with Gasteiger partial charge >= 0.3 is 0 Å². The number of thioether (sulfide) groups is 1. The Morgan fingerprint density at radius 2 is 1.95 bits per heavy atom. The molecule has 1 fully saturated rings. The first-order chi connectivity index (χ1) is 10.3. The van der Waals surface area contributed by atoms with Gasteiger partial charge in [-0.1, -0.05) is 37.5 Å². The molecule has 1 aromatic carbocycles. The topological polar surface area (TPSA) is 26.3 Å². The van der Waals surface area contributed by atoms with Gasteiger partial charge in [0, 0.05) is 11.7 Å². The molecule has 2 nitrogen and oxygen atoms in total. The Morgan fingerprint density at radius 1 is 1.14 bits per heavy atom. The van der Waals surface area contributed by atoms with Gasteiger partial charge in [0.2, 0.25) is 0 Å². The second kappa shape index (κ2) is 7.35. The number of hydrogen-bond acceptors (Lipinski definition) is 3. The van der Waals surface area contributed by atoms with E-state index in [1.807, 2.05) is 30.0 Å². The van der Waals surface area contributed by atoms with E-state index in [9.17, 15) is 4.79 Å². The molecule has 0 aromatic heterocycles. The molecule has 1 saturated carbocycles. The molecule has 0 amide bonds. The Hall–Kier alpha value is -0.960. The lowest BCUT2D eigenvalue weighted by Gasteiger charge is -2.26. The van der Waals surface area contributed by atoms with Crippen molar-refractivity contribution in [3.63, 3.8) is 0 Å². The average molecular weight is 304 g/mol. The van der Waals surface area contributed by atoms with Crippen LogP contribution in [-0.2, 0) is 4.79 Å². The summed E-state index contributed by atoms with van der Waals surface area (Å²) in [6.07, 6.45) is 8.33. The molecule has 0 bridgehead atoms. The zero-order valence-corrected chi connectivity index (χ0v) is 13.4. The summed E-state index contributed by atoms with van der Waals surface area (Å²) >= 11 is 1.89. The van der Waals surface area contributed by atoms with Crippen molar-refractivity contribution in [1.82, 2.24) is 0 Å². The number of Topliss-reactive ketones (excluding diaryl/α,β-unsaturated/α-hetero) is 1. The molecule has 3 rings (SSSR count). The predicted molar refractivity (Wildman–Crippen MR) is 88.3 cm³/mol. The molecule has 1 heterocycles. The molecule has 0 spiro atoms. The number of ether oxygens (including phenoxy) is 1. The van der Waals surface area contributed by atoms with Crippen molar-refractivity contribution < 1.29 is 9.53 Å². The van der Waals surface area contributed by atoms with Gasteiger partial charge < -0.3 is 4.74 Å². The second-order valence-corrected chi connectivity index (χ2v) is 7.47. The van der Waals surface area contributed by atoms with Crippen molar-refractivity contribution in [3.8, 4) is 5.75 Å². The summed E-state index contributed by atoms with van der Waals surface area (Å²) in [5.74, 6) is 2.44. The van der Waals surface area contributed by atoms with E-state index in [1.54, 1.807) is 0 Å². The van der Waals surface area contributed by atoms with Crippen LogP contribution in [0.1, 0.15) is 56.4 Å². The summed E-state index contributed by atoms with van der Waals surface area (Å²) in [6, 6.07) is 8.17. The molecular weight excluding hydrogens is 280 g/mol. The zero-order chi connectivity index (χ0) is 14.5.